The van der Waals surface area contributed by atoms with Gasteiger partial charge in [0.15, 0.2) is 0 Å². The predicted octanol–water partition coefficient (Wildman–Crippen LogP) is 3.55. The van der Waals surface area contributed by atoms with Crippen LogP contribution in [0.3, 0.4) is 0 Å². The number of benzene rings is 2. The molecule has 2 aromatic rings. The van der Waals surface area contributed by atoms with E-state index in [1.54, 1.807) is 6.07 Å². The molecule has 0 bridgehead atoms. The van der Waals surface area contributed by atoms with E-state index in [4.69, 9.17) is 16.3 Å². The topological polar surface area (TPSA) is 64.4 Å². The molecule has 0 atom stereocenters. The summed E-state index contributed by atoms with van der Waals surface area (Å²) < 4.78 is 5.59. The Hall–Kier alpha value is -2.11. The SMILES string of the molecule is CNCc1ccc(OCc2cc(Cl)ccc2[N+](=O)[O-])cc1. The summed E-state index contributed by atoms with van der Waals surface area (Å²) in [6, 6.07) is 12.0. The number of hydrogen-bond acceptors (Lipinski definition) is 4. The maximum Gasteiger partial charge on any atom is 0.276 e. The predicted molar refractivity (Wildman–Crippen MR) is 81.6 cm³/mol. The summed E-state index contributed by atoms with van der Waals surface area (Å²) in [6.45, 7) is 0.877. The van der Waals surface area contributed by atoms with Gasteiger partial charge in [-0.15, -0.1) is 0 Å². The van der Waals surface area contributed by atoms with Crippen LogP contribution in [0.2, 0.25) is 5.02 Å². The van der Waals surface area contributed by atoms with E-state index < -0.39 is 4.92 Å². The van der Waals surface area contributed by atoms with E-state index in [9.17, 15) is 10.1 Å². The van der Waals surface area contributed by atoms with Crippen LogP contribution >= 0.6 is 11.6 Å². The fourth-order valence-corrected chi connectivity index (χ4v) is 2.11. The van der Waals surface area contributed by atoms with Gasteiger partial charge in [0.25, 0.3) is 5.69 Å². The molecule has 5 nitrogen and oxygen atoms in total. The molecule has 0 unspecified atom stereocenters. The van der Waals surface area contributed by atoms with Crippen LogP contribution in [-0.4, -0.2) is 12.0 Å². The minimum Gasteiger partial charge on any atom is -0.489 e. The molecule has 6 heteroatoms. The van der Waals surface area contributed by atoms with Crippen molar-refractivity contribution in [1.82, 2.24) is 5.32 Å². The second kappa shape index (κ2) is 7.06. The molecule has 0 saturated heterocycles. The molecular formula is C15H15ClN2O3. The van der Waals surface area contributed by atoms with Gasteiger partial charge in [-0.3, -0.25) is 10.1 Å². The van der Waals surface area contributed by atoms with Crippen LogP contribution in [0.5, 0.6) is 5.75 Å². The largest absolute Gasteiger partial charge is 0.489 e. The van der Waals surface area contributed by atoms with Crippen LogP contribution in [0.25, 0.3) is 0 Å². The van der Waals surface area contributed by atoms with Gasteiger partial charge >= 0.3 is 0 Å². The van der Waals surface area contributed by atoms with E-state index >= 15 is 0 Å². The van der Waals surface area contributed by atoms with Crippen molar-refractivity contribution in [2.45, 2.75) is 13.2 Å². The van der Waals surface area contributed by atoms with Crippen LogP contribution in [0.4, 0.5) is 5.69 Å². The van der Waals surface area contributed by atoms with E-state index in [0.717, 1.165) is 12.1 Å². The molecule has 0 amide bonds. The maximum atomic E-state index is 11.0. The third-order valence-electron chi connectivity index (χ3n) is 2.94. The molecule has 0 aliphatic rings. The number of rotatable bonds is 6. The highest BCUT2D eigenvalue weighted by atomic mass is 35.5. The van der Waals surface area contributed by atoms with Crippen molar-refractivity contribution in [3.63, 3.8) is 0 Å². The van der Waals surface area contributed by atoms with E-state index in [0.29, 0.717) is 16.3 Å². The summed E-state index contributed by atoms with van der Waals surface area (Å²) in [7, 11) is 1.88. The second-order valence-electron chi connectivity index (χ2n) is 4.49. The minimum atomic E-state index is -0.439. The van der Waals surface area contributed by atoms with Crippen molar-refractivity contribution in [1.29, 1.82) is 0 Å². The van der Waals surface area contributed by atoms with Gasteiger partial charge in [-0.05, 0) is 36.9 Å². The van der Waals surface area contributed by atoms with Gasteiger partial charge in [0.1, 0.15) is 12.4 Å². The third-order valence-corrected chi connectivity index (χ3v) is 3.17. The molecule has 2 rings (SSSR count). The van der Waals surface area contributed by atoms with Crippen molar-refractivity contribution in [2.24, 2.45) is 0 Å². The van der Waals surface area contributed by atoms with Crippen molar-refractivity contribution in [2.75, 3.05) is 7.05 Å². The lowest BCUT2D eigenvalue weighted by Crippen LogP contribution is -2.05. The van der Waals surface area contributed by atoms with E-state index in [-0.39, 0.29) is 12.3 Å². The number of nitrogens with one attached hydrogen (secondary N) is 1. The molecule has 0 fully saturated rings. The molecule has 0 aliphatic carbocycles. The lowest BCUT2D eigenvalue weighted by Gasteiger charge is -2.08. The average Bonchev–Trinajstić information content (AvgIpc) is 2.46. The average molecular weight is 307 g/mol. The fraction of sp³-hybridized carbons (Fsp3) is 0.200. The van der Waals surface area contributed by atoms with Gasteiger partial charge in [-0.1, -0.05) is 23.7 Å². The number of hydrogen-bond donors (Lipinski definition) is 1. The Bertz CT molecular complexity index is 629. The highest BCUT2D eigenvalue weighted by Gasteiger charge is 2.14. The van der Waals surface area contributed by atoms with Crippen molar-refractivity contribution in [3.05, 3.63) is 68.7 Å². The molecule has 110 valence electrons. The molecule has 0 spiro atoms. The Labute approximate surface area is 127 Å². The summed E-state index contributed by atoms with van der Waals surface area (Å²) in [5.74, 6) is 0.657. The Kier molecular flexibility index (Phi) is 5.14. The number of nitro benzene ring substituents is 1. The van der Waals surface area contributed by atoms with Crippen molar-refractivity contribution < 1.29 is 9.66 Å². The summed E-state index contributed by atoms with van der Waals surface area (Å²) in [5, 5.41) is 14.5. The Balaban J connectivity index is 2.08. The Morgan fingerprint density at radius 1 is 1.24 bits per heavy atom. The first-order valence-electron chi connectivity index (χ1n) is 6.39. The highest BCUT2D eigenvalue weighted by Crippen LogP contribution is 2.24. The molecule has 21 heavy (non-hydrogen) atoms. The summed E-state index contributed by atoms with van der Waals surface area (Å²) in [6.07, 6.45) is 0. The normalized spacial score (nSPS) is 10.4. The standard InChI is InChI=1S/C15H15ClN2O3/c1-17-9-11-2-5-14(6-3-11)21-10-12-8-13(16)4-7-15(12)18(19)20/h2-8,17H,9-10H2,1H3. The molecule has 2 aromatic carbocycles. The molecule has 0 aliphatic heterocycles. The summed E-state index contributed by atoms with van der Waals surface area (Å²) in [4.78, 5) is 10.5. The van der Waals surface area contributed by atoms with Gasteiger partial charge in [-0.2, -0.15) is 0 Å². The van der Waals surface area contributed by atoms with Crippen LogP contribution in [-0.2, 0) is 13.2 Å². The van der Waals surface area contributed by atoms with Crippen LogP contribution < -0.4 is 10.1 Å². The molecule has 0 saturated carbocycles. The van der Waals surface area contributed by atoms with Gasteiger partial charge in [0, 0.05) is 17.6 Å². The number of ether oxygens (including phenoxy) is 1. The first kappa shape index (κ1) is 15.3. The number of halogens is 1. The van der Waals surface area contributed by atoms with Crippen LogP contribution in [0.1, 0.15) is 11.1 Å². The zero-order valence-corrected chi connectivity index (χ0v) is 12.3. The molecule has 1 N–H and O–H groups in total. The molecule has 0 heterocycles. The lowest BCUT2D eigenvalue weighted by atomic mass is 10.2. The smallest absolute Gasteiger partial charge is 0.276 e. The maximum absolute atomic E-state index is 11.0. The van der Waals surface area contributed by atoms with E-state index in [2.05, 4.69) is 5.32 Å². The first-order valence-corrected chi connectivity index (χ1v) is 6.77. The lowest BCUT2D eigenvalue weighted by molar-refractivity contribution is -0.385. The number of nitro groups is 1. The van der Waals surface area contributed by atoms with Crippen molar-refractivity contribution >= 4 is 17.3 Å². The Morgan fingerprint density at radius 3 is 2.57 bits per heavy atom. The van der Waals surface area contributed by atoms with Gasteiger partial charge in [0.05, 0.1) is 10.5 Å². The summed E-state index contributed by atoms with van der Waals surface area (Å²) >= 11 is 5.87. The highest BCUT2D eigenvalue weighted by molar-refractivity contribution is 6.30. The number of nitrogens with zero attached hydrogens (tertiary/aromatic N) is 1. The zero-order chi connectivity index (χ0) is 15.2. The quantitative estimate of drug-likeness (QED) is 0.655. The minimum absolute atomic E-state index is 0.00574. The zero-order valence-electron chi connectivity index (χ0n) is 11.5. The van der Waals surface area contributed by atoms with Crippen LogP contribution in [0, 0.1) is 10.1 Å². The summed E-state index contributed by atoms with van der Waals surface area (Å²) in [5.41, 5.74) is 1.59. The Morgan fingerprint density at radius 2 is 1.95 bits per heavy atom. The van der Waals surface area contributed by atoms with Crippen molar-refractivity contribution in [3.8, 4) is 5.75 Å². The fourth-order valence-electron chi connectivity index (χ4n) is 1.92. The second-order valence-corrected chi connectivity index (χ2v) is 4.93. The van der Waals surface area contributed by atoms with Gasteiger partial charge in [-0.25, -0.2) is 0 Å². The first-order chi connectivity index (χ1) is 10.1. The van der Waals surface area contributed by atoms with E-state index in [1.807, 2.05) is 31.3 Å². The van der Waals surface area contributed by atoms with Crippen LogP contribution in [0.15, 0.2) is 42.5 Å². The van der Waals surface area contributed by atoms with Gasteiger partial charge < -0.3 is 10.1 Å². The van der Waals surface area contributed by atoms with E-state index in [1.165, 1.54) is 12.1 Å². The molecular weight excluding hydrogens is 292 g/mol. The third kappa shape index (κ3) is 4.18. The molecule has 0 radical (unpaired) electrons. The monoisotopic (exact) mass is 306 g/mol. The molecule has 0 aromatic heterocycles. The van der Waals surface area contributed by atoms with Gasteiger partial charge in [0.2, 0.25) is 0 Å².